The van der Waals surface area contributed by atoms with E-state index in [0.29, 0.717) is 17.3 Å². The number of benzene rings is 1. The molecule has 4 heteroatoms. The smallest absolute Gasteiger partial charge is 0.253 e. The quantitative estimate of drug-likeness (QED) is 0.773. The van der Waals surface area contributed by atoms with E-state index < -0.39 is 0 Å². The summed E-state index contributed by atoms with van der Waals surface area (Å²) in [5.74, 6) is -0.468. The number of rotatable bonds is 4. The molecule has 1 fully saturated rings. The lowest BCUT2D eigenvalue weighted by atomic mass is 10.1. The summed E-state index contributed by atoms with van der Waals surface area (Å²) < 4.78 is 0. The zero-order valence-corrected chi connectivity index (χ0v) is 9.40. The van der Waals surface area contributed by atoms with Gasteiger partial charge in [0, 0.05) is 6.04 Å². The Kier molecular flexibility index (Phi) is 3.23. The lowest BCUT2D eigenvalue weighted by Crippen LogP contribution is -2.26. The van der Waals surface area contributed by atoms with Crippen molar-refractivity contribution in [2.24, 2.45) is 0 Å². The first-order valence-electron chi connectivity index (χ1n) is 5.54. The second kappa shape index (κ2) is 4.82. The molecule has 4 nitrogen and oxygen atoms in total. The van der Waals surface area contributed by atoms with E-state index in [0.717, 1.165) is 12.8 Å². The van der Waals surface area contributed by atoms with Crippen LogP contribution >= 0.6 is 0 Å². The van der Waals surface area contributed by atoms with E-state index >= 15 is 0 Å². The van der Waals surface area contributed by atoms with Gasteiger partial charge in [0.25, 0.3) is 5.91 Å². The molecule has 0 saturated heterocycles. The van der Waals surface area contributed by atoms with Gasteiger partial charge in [-0.25, -0.2) is 0 Å². The van der Waals surface area contributed by atoms with Crippen molar-refractivity contribution in [2.75, 3.05) is 5.32 Å². The molecule has 1 aliphatic carbocycles. The van der Waals surface area contributed by atoms with Crippen molar-refractivity contribution in [3.63, 3.8) is 0 Å². The fourth-order valence-electron chi connectivity index (χ4n) is 1.46. The van der Waals surface area contributed by atoms with Gasteiger partial charge in [0.2, 0.25) is 5.91 Å². The maximum absolute atomic E-state index is 11.9. The lowest BCUT2D eigenvalue weighted by Gasteiger charge is -2.09. The van der Waals surface area contributed by atoms with Gasteiger partial charge in [-0.05, 0) is 31.1 Å². The minimum absolute atomic E-state index is 0.146. The van der Waals surface area contributed by atoms with Crippen LogP contribution in [0.25, 0.3) is 0 Å². The third kappa shape index (κ3) is 2.93. The molecular formula is C13H14N2O2. The SMILES string of the molecule is C=CC(=O)Nc1ccccc1C(=O)NC1CC1. The van der Waals surface area contributed by atoms with E-state index in [4.69, 9.17) is 0 Å². The fourth-order valence-corrected chi connectivity index (χ4v) is 1.46. The predicted octanol–water partition coefficient (Wildman–Crippen LogP) is 1.70. The van der Waals surface area contributed by atoms with Crippen LogP contribution in [-0.4, -0.2) is 17.9 Å². The van der Waals surface area contributed by atoms with Crippen molar-refractivity contribution in [2.45, 2.75) is 18.9 Å². The van der Waals surface area contributed by atoms with Crippen molar-refractivity contribution in [3.05, 3.63) is 42.5 Å². The molecule has 0 bridgehead atoms. The van der Waals surface area contributed by atoms with Crippen molar-refractivity contribution in [3.8, 4) is 0 Å². The maximum atomic E-state index is 11.9. The molecule has 2 rings (SSSR count). The highest BCUT2D eigenvalue weighted by Gasteiger charge is 2.24. The van der Waals surface area contributed by atoms with Crippen molar-refractivity contribution in [1.82, 2.24) is 5.32 Å². The molecule has 17 heavy (non-hydrogen) atoms. The monoisotopic (exact) mass is 230 g/mol. The van der Waals surface area contributed by atoms with Gasteiger partial charge in [-0.15, -0.1) is 0 Å². The Morgan fingerprint density at radius 2 is 2.00 bits per heavy atom. The van der Waals surface area contributed by atoms with E-state index in [1.54, 1.807) is 24.3 Å². The van der Waals surface area contributed by atoms with Gasteiger partial charge in [0.15, 0.2) is 0 Å². The van der Waals surface area contributed by atoms with Gasteiger partial charge in [0.05, 0.1) is 11.3 Å². The molecule has 1 aliphatic rings. The number of carbonyl (C=O) groups is 2. The van der Waals surface area contributed by atoms with E-state index in [1.165, 1.54) is 6.08 Å². The van der Waals surface area contributed by atoms with E-state index in [1.807, 2.05) is 0 Å². The zero-order chi connectivity index (χ0) is 12.3. The van der Waals surface area contributed by atoms with E-state index in [-0.39, 0.29) is 11.8 Å². The Hall–Kier alpha value is -2.10. The summed E-state index contributed by atoms with van der Waals surface area (Å²) in [6.07, 6.45) is 3.25. The van der Waals surface area contributed by atoms with Gasteiger partial charge in [-0.3, -0.25) is 9.59 Å². The van der Waals surface area contributed by atoms with Crippen LogP contribution in [0.15, 0.2) is 36.9 Å². The summed E-state index contributed by atoms with van der Waals surface area (Å²) in [6.45, 7) is 3.38. The Labute approximate surface area is 99.7 Å². The highest BCUT2D eigenvalue weighted by atomic mass is 16.2. The summed E-state index contributed by atoms with van der Waals surface area (Å²) in [7, 11) is 0. The summed E-state index contributed by atoms with van der Waals surface area (Å²) in [5.41, 5.74) is 0.991. The highest BCUT2D eigenvalue weighted by molar-refractivity contribution is 6.06. The largest absolute Gasteiger partial charge is 0.349 e. The molecule has 0 heterocycles. The second-order valence-electron chi connectivity index (χ2n) is 3.99. The number of para-hydroxylation sites is 1. The number of anilines is 1. The van der Waals surface area contributed by atoms with Gasteiger partial charge < -0.3 is 10.6 Å². The third-order valence-corrected chi connectivity index (χ3v) is 2.53. The first kappa shape index (κ1) is 11.4. The molecule has 88 valence electrons. The second-order valence-corrected chi connectivity index (χ2v) is 3.99. The number of carbonyl (C=O) groups excluding carboxylic acids is 2. The number of hydrogen-bond acceptors (Lipinski definition) is 2. The number of amides is 2. The minimum Gasteiger partial charge on any atom is -0.349 e. The summed E-state index contributed by atoms with van der Waals surface area (Å²) in [4.78, 5) is 23.1. The molecule has 1 saturated carbocycles. The molecule has 0 aromatic heterocycles. The van der Waals surface area contributed by atoms with Crippen LogP contribution in [0.3, 0.4) is 0 Å². The summed E-state index contributed by atoms with van der Waals surface area (Å²) in [6, 6.07) is 7.23. The average molecular weight is 230 g/mol. The lowest BCUT2D eigenvalue weighted by molar-refractivity contribution is -0.111. The summed E-state index contributed by atoms with van der Waals surface area (Å²) >= 11 is 0. The van der Waals surface area contributed by atoms with Crippen LogP contribution in [0, 0.1) is 0 Å². The topological polar surface area (TPSA) is 58.2 Å². The average Bonchev–Trinajstić information content (AvgIpc) is 3.13. The van der Waals surface area contributed by atoms with Gasteiger partial charge in [0.1, 0.15) is 0 Å². The molecular weight excluding hydrogens is 216 g/mol. The maximum Gasteiger partial charge on any atom is 0.253 e. The van der Waals surface area contributed by atoms with Gasteiger partial charge in [-0.2, -0.15) is 0 Å². The van der Waals surface area contributed by atoms with Crippen LogP contribution in [0.1, 0.15) is 23.2 Å². The Balaban J connectivity index is 2.16. The Bertz CT molecular complexity index is 464. The van der Waals surface area contributed by atoms with E-state index in [2.05, 4.69) is 17.2 Å². The molecule has 1 aromatic rings. The molecule has 2 N–H and O–H groups in total. The van der Waals surface area contributed by atoms with E-state index in [9.17, 15) is 9.59 Å². The van der Waals surface area contributed by atoms with Crippen molar-refractivity contribution >= 4 is 17.5 Å². The van der Waals surface area contributed by atoms with Crippen LogP contribution in [0.2, 0.25) is 0 Å². The normalized spacial score (nSPS) is 13.9. The fraction of sp³-hybridized carbons (Fsp3) is 0.231. The third-order valence-electron chi connectivity index (χ3n) is 2.53. The van der Waals surface area contributed by atoms with Gasteiger partial charge in [-0.1, -0.05) is 18.7 Å². The molecule has 1 aromatic carbocycles. The van der Waals surface area contributed by atoms with Crippen LogP contribution in [0.4, 0.5) is 5.69 Å². The molecule has 2 amide bonds. The molecule has 0 spiro atoms. The van der Waals surface area contributed by atoms with Gasteiger partial charge >= 0.3 is 0 Å². The zero-order valence-electron chi connectivity index (χ0n) is 9.40. The molecule has 0 atom stereocenters. The van der Waals surface area contributed by atoms with Crippen molar-refractivity contribution in [1.29, 1.82) is 0 Å². The Morgan fingerprint density at radius 3 is 2.65 bits per heavy atom. The predicted molar refractivity (Wildman–Crippen MR) is 65.8 cm³/mol. The molecule has 0 radical (unpaired) electrons. The van der Waals surface area contributed by atoms with Crippen molar-refractivity contribution < 1.29 is 9.59 Å². The van der Waals surface area contributed by atoms with Crippen LogP contribution in [0.5, 0.6) is 0 Å². The standard InChI is InChI=1S/C13H14N2O2/c1-2-12(16)15-11-6-4-3-5-10(11)13(17)14-9-7-8-9/h2-6,9H,1,7-8H2,(H,14,17)(H,15,16). The summed E-state index contributed by atoms with van der Waals surface area (Å²) in [5, 5.41) is 5.50. The highest BCUT2D eigenvalue weighted by Crippen LogP contribution is 2.21. The molecule has 0 aliphatic heterocycles. The minimum atomic E-state index is -0.323. The first-order valence-corrected chi connectivity index (χ1v) is 5.54. The van der Waals surface area contributed by atoms with Crippen LogP contribution in [-0.2, 0) is 4.79 Å². The molecule has 0 unspecified atom stereocenters. The first-order chi connectivity index (χ1) is 8.20. The van der Waals surface area contributed by atoms with Crippen LogP contribution < -0.4 is 10.6 Å². The number of hydrogen-bond donors (Lipinski definition) is 2. The Morgan fingerprint density at radius 1 is 1.29 bits per heavy atom. The number of nitrogens with one attached hydrogen (secondary N) is 2.